The van der Waals surface area contributed by atoms with Crippen LogP contribution in [-0.2, 0) is 12.7 Å². The molecule has 1 aromatic rings. The van der Waals surface area contributed by atoms with Crippen LogP contribution in [0.25, 0.3) is 0 Å². The van der Waals surface area contributed by atoms with Crippen molar-refractivity contribution in [2.45, 2.75) is 45.8 Å². The lowest BCUT2D eigenvalue weighted by Gasteiger charge is -2.18. The van der Waals surface area contributed by atoms with Gasteiger partial charge in [0.25, 0.3) is 0 Å². The zero-order chi connectivity index (χ0) is 20.3. The lowest BCUT2D eigenvalue weighted by atomic mass is 10.0. The number of aliphatic imine (C=N–C) groups is 1. The number of hydrogen-bond acceptors (Lipinski definition) is 3. The lowest BCUT2D eigenvalue weighted by molar-refractivity contribution is -0.138. The highest BCUT2D eigenvalue weighted by molar-refractivity contribution is 5.79. The van der Waals surface area contributed by atoms with Gasteiger partial charge in [0, 0.05) is 19.7 Å². The Morgan fingerprint density at radius 2 is 1.96 bits per heavy atom. The molecule has 1 aromatic carbocycles. The number of nitrogens with zero attached hydrogens (tertiary/aromatic N) is 1. The van der Waals surface area contributed by atoms with Crippen molar-refractivity contribution in [2.75, 3.05) is 26.8 Å². The SMILES string of the molecule is CCCC(CCO)CNC(=NCc1ccc(OC)cc1C(F)(F)F)NCC. The van der Waals surface area contributed by atoms with E-state index >= 15 is 0 Å². The van der Waals surface area contributed by atoms with E-state index < -0.39 is 11.7 Å². The predicted octanol–water partition coefficient (Wildman–Crippen LogP) is 3.57. The van der Waals surface area contributed by atoms with Gasteiger partial charge in [-0.1, -0.05) is 19.4 Å². The normalized spacial score (nSPS) is 13.4. The van der Waals surface area contributed by atoms with Crippen LogP contribution in [0.4, 0.5) is 13.2 Å². The van der Waals surface area contributed by atoms with Gasteiger partial charge in [-0.05, 0) is 43.4 Å². The molecule has 27 heavy (non-hydrogen) atoms. The molecule has 0 aliphatic carbocycles. The molecule has 0 heterocycles. The van der Waals surface area contributed by atoms with Crippen LogP contribution >= 0.6 is 0 Å². The first-order valence-electron chi connectivity index (χ1n) is 9.22. The Bertz CT molecular complexity index is 586. The van der Waals surface area contributed by atoms with Crippen LogP contribution in [-0.4, -0.2) is 37.9 Å². The van der Waals surface area contributed by atoms with E-state index in [0.717, 1.165) is 18.9 Å². The summed E-state index contributed by atoms with van der Waals surface area (Å²) in [6.07, 6.45) is -1.83. The number of methoxy groups -OCH3 is 1. The third kappa shape index (κ3) is 8.07. The highest BCUT2D eigenvalue weighted by Gasteiger charge is 2.33. The summed E-state index contributed by atoms with van der Waals surface area (Å²) in [6.45, 7) is 5.18. The third-order valence-electron chi connectivity index (χ3n) is 4.17. The molecule has 8 heteroatoms. The topological polar surface area (TPSA) is 65.9 Å². The first-order chi connectivity index (χ1) is 12.8. The average Bonchev–Trinajstić information content (AvgIpc) is 2.63. The molecule has 0 bridgehead atoms. The summed E-state index contributed by atoms with van der Waals surface area (Å²) in [6, 6.07) is 3.88. The smallest absolute Gasteiger partial charge is 0.416 e. The van der Waals surface area contributed by atoms with Gasteiger partial charge in [-0.25, -0.2) is 4.99 Å². The van der Waals surface area contributed by atoms with Crippen LogP contribution in [0, 0.1) is 5.92 Å². The number of nitrogens with one attached hydrogen (secondary N) is 2. The van der Waals surface area contributed by atoms with Gasteiger partial charge in [0.05, 0.1) is 19.2 Å². The monoisotopic (exact) mass is 389 g/mol. The van der Waals surface area contributed by atoms with E-state index in [-0.39, 0.29) is 30.4 Å². The van der Waals surface area contributed by atoms with E-state index in [4.69, 9.17) is 9.84 Å². The number of rotatable bonds is 10. The Hall–Kier alpha value is -1.96. The molecule has 0 spiro atoms. The Kier molecular flexibility index (Phi) is 9.99. The van der Waals surface area contributed by atoms with Gasteiger partial charge in [0.2, 0.25) is 0 Å². The number of guanidine groups is 1. The van der Waals surface area contributed by atoms with Crippen molar-refractivity contribution in [1.29, 1.82) is 0 Å². The first kappa shape index (κ1) is 23.1. The van der Waals surface area contributed by atoms with Crippen molar-refractivity contribution in [3.8, 4) is 5.75 Å². The van der Waals surface area contributed by atoms with Crippen LogP contribution in [0.2, 0.25) is 0 Å². The largest absolute Gasteiger partial charge is 0.497 e. The summed E-state index contributed by atoms with van der Waals surface area (Å²) in [4.78, 5) is 4.30. The fraction of sp³-hybridized carbons (Fsp3) is 0.632. The van der Waals surface area contributed by atoms with E-state index in [1.54, 1.807) is 0 Å². The van der Waals surface area contributed by atoms with E-state index in [2.05, 4.69) is 22.5 Å². The van der Waals surface area contributed by atoms with Crippen molar-refractivity contribution in [1.82, 2.24) is 10.6 Å². The Labute approximate surface area is 159 Å². The highest BCUT2D eigenvalue weighted by atomic mass is 19.4. The molecule has 0 saturated carbocycles. The quantitative estimate of drug-likeness (QED) is 0.423. The predicted molar refractivity (Wildman–Crippen MR) is 101 cm³/mol. The van der Waals surface area contributed by atoms with Crippen molar-refractivity contribution >= 4 is 5.96 Å². The molecule has 1 unspecified atom stereocenters. The second-order valence-corrected chi connectivity index (χ2v) is 6.26. The third-order valence-corrected chi connectivity index (χ3v) is 4.17. The number of benzene rings is 1. The van der Waals surface area contributed by atoms with E-state index in [1.807, 2.05) is 6.92 Å². The van der Waals surface area contributed by atoms with Crippen LogP contribution in [0.5, 0.6) is 5.75 Å². The second kappa shape index (κ2) is 11.7. The molecule has 5 nitrogen and oxygen atoms in total. The summed E-state index contributed by atoms with van der Waals surface area (Å²) >= 11 is 0. The lowest BCUT2D eigenvalue weighted by Crippen LogP contribution is -2.40. The van der Waals surface area contributed by atoms with Crippen LogP contribution in [0.3, 0.4) is 0 Å². The van der Waals surface area contributed by atoms with Gasteiger partial charge >= 0.3 is 6.18 Å². The van der Waals surface area contributed by atoms with Crippen LogP contribution in [0.1, 0.15) is 44.2 Å². The maximum absolute atomic E-state index is 13.3. The molecular weight excluding hydrogens is 359 g/mol. The van der Waals surface area contributed by atoms with Gasteiger partial charge in [0.1, 0.15) is 5.75 Å². The summed E-state index contributed by atoms with van der Waals surface area (Å²) in [7, 11) is 1.33. The Morgan fingerprint density at radius 1 is 1.22 bits per heavy atom. The average molecular weight is 389 g/mol. The molecule has 0 aromatic heterocycles. The summed E-state index contributed by atoms with van der Waals surface area (Å²) in [5.74, 6) is 0.905. The molecule has 154 valence electrons. The molecular formula is C19H30F3N3O2. The van der Waals surface area contributed by atoms with Crippen LogP contribution in [0.15, 0.2) is 23.2 Å². The molecule has 0 aliphatic rings. The number of aliphatic hydroxyl groups is 1. The molecule has 0 aliphatic heterocycles. The zero-order valence-electron chi connectivity index (χ0n) is 16.2. The maximum Gasteiger partial charge on any atom is 0.416 e. The van der Waals surface area contributed by atoms with Crippen molar-refractivity contribution in [3.63, 3.8) is 0 Å². The zero-order valence-corrected chi connectivity index (χ0v) is 16.2. The van der Waals surface area contributed by atoms with Crippen LogP contribution < -0.4 is 15.4 Å². The number of halogens is 3. The van der Waals surface area contributed by atoms with E-state index in [0.29, 0.717) is 25.5 Å². The molecule has 3 N–H and O–H groups in total. The second-order valence-electron chi connectivity index (χ2n) is 6.26. The number of alkyl halides is 3. The minimum Gasteiger partial charge on any atom is -0.497 e. The molecule has 1 rings (SSSR count). The fourth-order valence-corrected chi connectivity index (χ4v) is 2.77. The number of hydrogen-bond donors (Lipinski definition) is 3. The highest BCUT2D eigenvalue weighted by Crippen LogP contribution is 2.34. The Morgan fingerprint density at radius 3 is 2.52 bits per heavy atom. The van der Waals surface area contributed by atoms with Gasteiger partial charge in [-0.15, -0.1) is 0 Å². The molecule has 0 amide bonds. The molecule has 0 saturated heterocycles. The summed E-state index contributed by atoms with van der Waals surface area (Å²) in [5.41, 5.74) is -0.661. The van der Waals surface area contributed by atoms with Gasteiger partial charge in [0.15, 0.2) is 5.96 Å². The van der Waals surface area contributed by atoms with Crippen molar-refractivity contribution in [3.05, 3.63) is 29.3 Å². The minimum atomic E-state index is -4.47. The van der Waals surface area contributed by atoms with E-state index in [1.165, 1.54) is 19.2 Å². The summed E-state index contributed by atoms with van der Waals surface area (Å²) < 4.78 is 44.8. The first-order valence-corrected chi connectivity index (χ1v) is 9.22. The molecule has 0 radical (unpaired) electrons. The standard InChI is InChI=1S/C19H30F3N3O2/c1-4-6-14(9-10-26)12-24-18(23-5-2)25-13-15-7-8-16(27-3)11-17(15)19(20,21)22/h7-8,11,14,26H,4-6,9-10,12-13H2,1-3H3,(H2,23,24,25). The Balaban J connectivity index is 2.91. The van der Waals surface area contributed by atoms with Gasteiger partial charge in [-0.2, -0.15) is 13.2 Å². The van der Waals surface area contributed by atoms with Crippen molar-refractivity contribution < 1.29 is 23.0 Å². The fourth-order valence-electron chi connectivity index (χ4n) is 2.77. The number of ether oxygens (including phenoxy) is 1. The molecule has 0 fully saturated rings. The van der Waals surface area contributed by atoms with Gasteiger partial charge in [-0.3, -0.25) is 0 Å². The summed E-state index contributed by atoms with van der Waals surface area (Å²) in [5, 5.41) is 15.3. The van der Waals surface area contributed by atoms with E-state index in [9.17, 15) is 13.2 Å². The minimum absolute atomic E-state index is 0.0842. The van der Waals surface area contributed by atoms with Crippen molar-refractivity contribution in [2.24, 2.45) is 10.9 Å². The van der Waals surface area contributed by atoms with Gasteiger partial charge < -0.3 is 20.5 Å². The maximum atomic E-state index is 13.3. The molecule has 1 atom stereocenters. The number of aliphatic hydroxyl groups excluding tert-OH is 1.